The minimum absolute atomic E-state index is 0. The van der Waals surface area contributed by atoms with E-state index in [9.17, 15) is 0 Å². The van der Waals surface area contributed by atoms with Crippen LogP contribution >= 0.6 is 12.4 Å². The smallest absolute Gasteiger partial charge is 0.101 e. The molecular weight excluding hydrogens is 358 g/mol. The van der Waals surface area contributed by atoms with E-state index in [4.69, 9.17) is 10.8 Å². The first kappa shape index (κ1) is 19.0. The van der Waals surface area contributed by atoms with Crippen molar-refractivity contribution in [2.75, 3.05) is 0 Å². The van der Waals surface area contributed by atoms with Crippen LogP contribution in [0.25, 0.3) is 22.2 Å². The second-order valence-corrected chi connectivity index (χ2v) is 6.53. The maximum Gasteiger partial charge on any atom is 0.101 e. The number of nitrogens with two attached hydrogens (primary N) is 1. The van der Waals surface area contributed by atoms with Gasteiger partial charge in [-0.25, -0.2) is 0 Å². The molecule has 2 N–H and O–H groups in total. The van der Waals surface area contributed by atoms with Crippen LogP contribution in [0, 0.1) is 6.92 Å². The molecule has 6 heteroatoms. The van der Waals surface area contributed by atoms with Gasteiger partial charge in [0.15, 0.2) is 0 Å². The number of halogens is 1. The van der Waals surface area contributed by atoms with E-state index < -0.39 is 0 Å². The van der Waals surface area contributed by atoms with Gasteiger partial charge < -0.3 is 5.73 Å². The number of hydrogen-bond acceptors (Lipinski definition) is 4. The van der Waals surface area contributed by atoms with E-state index in [-0.39, 0.29) is 18.4 Å². The maximum atomic E-state index is 6.58. The van der Waals surface area contributed by atoms with E-state index in [1.54, 1.807) is 6.20 Å². The quantitative estimate of drug-likeness (QED) is 0.581. The van der Waals surface area contributed by atoms with Gasteiger partial charge in [0, 0.05) is 48.0 Å². The summed E-state index contributed by atoms with van der Waals surface area (Å²) in [7, 11) is 1.94. The molecule has 0 saturated heterocycles. The summed E-state index contributed by atoms with van der Waals surface area (Å²) in [4.78, 5) is 8.80. The van der Waals surface area contributed by atoms with Gasteiger partial charge in [-0.2, -0.15) is 5.10 Å². The van der Waals surface area contributed by atoms with Crippen molar-refractivity contribution < 1.29 is 0 Å². The van der Waals surface area contributed by atoms with Crippen molar-refractivity contribution >= 4 is 23.3 Å². The van der Waals surface area contributed by atoms with Crippen LogP contribution in [0.5, 0.6) is 0 Å². The molecule has 0 fully saturated rings. The monoisotopic (exact) mass is 379 g/mol. The highest BCUT2D eigenvalue weighted by atomic mass is 35.5. The first-order valence-electron chi connectivity index (χ1n) is 8.67. The number of fused-ring (bicyclic) bond motifs is 1. The van der Waals surface area contributed by atoms with Gasteiger partial charge in [0.25, 0.3) is 0 Å². The normalized spacial score (nSPS) is 12.0. The summed E-state index contributed by atoms with van der Waals surface area (Å²) in [5, 5.41) is 5.81. The molecule has 0 aliphatic carbocycles. The fraction of sp³-hybridized carbons (Fsp3) is 0.190. The Morgan fingerprint density at radius 1 is 1.07 bits per heavy atom. The summed E-state index contributed by atoms with van der Waals surface area (Å²) in [5.41, 5.74) is 12.7. The van der Waals surface area contributed by atoms with Crippen molar-refractivity contribution in [1.29, 1.82) is 0 Å². The molecule has 138 valence electrons. The molecule has 0 radical (unpaired) electrons. The summed E-state index contributed by atoms with van der Waals surface area (Å²) >= 11 is 0. The van der Waals surface area contributed by atoms with Crippen molar-refractivity contribution in [2.24, 2.45) is 12.8 Å². The number of pyridine rings is 2. The zero-order chi connectivity index (χ0) is 18.1. The third-order valence-corrected chi connectivity index (χ3v) is 4.64. The van der Waals surface area contributed by atoms with Crippen LogP contribution in [-0.4, -0.2) is 19.7 Å². The van der Waals surface area contributed by atoms with E-state index in [0.717, 1.165) is 39.1 Å². The Balaban J connectivity index is 0.00000210. The minimum atomic E-state index is -0.153. The van der Waals surface area contributed by atoms with E-state index in [1.165, 1.54) is 0 Å². The Morgan fingerprint density at radius 2 is 1.89 bits per heavy atom. The minimum Gasteiger partial charge on any atom is -0.324 e. The molecule has 4 rings (SSSR count). The summed E-state index contributed by atoms with van der Waals surface area (Å²) in [6.07, 6.45) is 4.32. The van der Waals surface area contributed by atoms with Crippen molar-refractivity contribution in [3.05, 3.63) is 77.9 Å². The molecule has 4 aromatic rings. The molecule has 0 aliphatic heterocycles. The standard InChI is InChI=1S/C21H21N5.ClH/c1-14-6-5-7-15(24-14)12-19(22)16-8-3-4-9-17(16)21-18-10-11-23-13-20(18)26(2)25-21;/h3-11,13,19H,12,22H2,1-2H3;1H. The second kappa shape index (κ2) is 7.86. The van der Waals surface area contributed by atoms with Gasteiger partial charge in [0.05, 0.1) is 11.7 Å². The second-order valence-electron chi connectivity index (χ2n) is 6.53. The first-order valence-corrected chi connectivity index (χ1v) is 8.67. The SMILES string of the molecule is Cc1cccc(CC(N)c2ccccc2-c2nn(C)c3cnccc23)n1.Cl. The third-order valence-electron chi connectivity index (χ3n) is 4.64. The van der Waals surface area contributed by atoms with Gasteiger partial charge in [0.2, 0.25) is 0 Å². The number of benzene rings is 1. The molecule has 27 heavy (non-hydrogen) atoms. The summed E-state index contributed by atoms with van der Waals surface area (Å²) < 4.78 is 1.86. The van der Waals surface area contributed by atoms with Gasteiger partial charge in [-0.05, 0) is 30.7 Å². The largest absolute Gasteiger partial charge is 0.324 e. The molecule has 0 saturated carbocycles. The summed E-state index contributed by atoms with van der Waals surface area (Å²) in [6, 6.07) is 16.1. The van der Waals surface area contributed by atoms with Crippen LogP contribution in [0.4, 0.5) is 0 Å². The lowest BCUT2D eigenvalue weighted by Gasteiger charge is -2.16. The van der Waals surface area contributed by atoms with Crippen molar-refractivity contribution in [1.82, 2.24) is 19.7 Å². The average Bonchev–Trinajstić information content (AvgIpc) is 2.99. The van der Waals surface area contributed by atoms with Gasteiger partial charge in [0.1, 0.15) is 5.69 Å². The molecule has 1 unspecified atom stereocenters. The zero-order valence-corrected chi connectivity index (χ0v) is 16.1. The zero-order valence-electron chi connectivity index (χ0n) is 15.3. The van der Waals surface area contributed by atoms with Crippen LogP contribution in [0.3, 0.4) is 0 Å². The van der Waals surface area contributed by atoms with Gasteiger partial charge in [-0.3, -0.25) is 14.6 Å². The Kier molecular flexibility index (Phi) is 5.54. The molecular formula is C21H22ClN5. The van der Waals surface area contributed by atoms with Crippen molar-refractivity contribution in [2.45, 2.75) is 19.4 Å². The van der Waals surface area contributed by atoms with Crippen LogP contribution in [0.15, 0.2) is 60.9 Å². The molecule has 0 spiro atoms. The third kappa shape index (κ3) is 3.70. The fourth-order valence-electron chi connectivity index (χ4n) is 3.39. The maximum absolute atomic E-state index is 6.58. The number of hydrogen-bond donors (Lipinski definition) is 1. The van der Waals surface area contributed by atoms with Gasteiger partial charge in [-0.15, -0.1) is 12.4 Å². The molecule has 1 atom stereocenters. The van der Waals surface area contributed by atoms with Gasteiger partial charge >= 0.3 is 0 Å². The lowest BCUT2D eigenvalue weighted by atomic mass is 9.94. The lowest BCUT2D eigenvalue weighted by molar-refractivity contribution is 0.705. The first-order chi connectivity index (χ1) is 12.6. The van der Waals surface area contributed by atoms with E-state index in [2.05, 4.69) is 22.1 Å². The molecule has 0 aliphatic rings. The number of rotatable bonds is 4. The summed E-state index contributed by atoms with van der Waals surface area (Å²) in [5.74, 6) is 0. The van der Waals surface area contributed by atoms with Crippen LogP contribution in [0.2, 0.25) is 0 Å². The highest BCUT2D eigenvalue weighted by Gasteiger charge is 2.18. The van der Waals surface area contributed by atoms with Crippen LogP contribution < -0.4 is 5.73 Å². The van der Waals surface area contributed by atoms with Crippen LogP contribution in [-0.2, 0) is 13.5 Å². The average molecular weight is 380 g/mol. The highest BCUT2D eigenvalue weighted by Crippen LogP contribution is 2.32. The molecule has 3 aromatic heterocycles. The highest BCUT2D eigenvalue weighted by molar-refractivity contribution is 5.93. The Hall–Kier alpha value is -2.76. The van der Waals surface area contributed by atoms with Gasteiger partial charge in [-0.1, -0.05) is 30.3 Å². The van der Waals surface area contributed by atoms with E-state index in [0.29, 0.717) is 6.42 Å². The Labute approximate surface area is 164 Å². The number of aromatic nitrogens is 4. The predicted octanol–water partition coefficient (Wildman–Crippen LogP) is 4.00. The topological polar surface area (TPSA) is 69.6 Å². The lowest BCUT2D eigenvalue weighted by Crippen LogP contribution is -2.15. The summed E-state index contributed by atoms with van der Waals surface area (Å²) in [6.45, 7) is 2.00. The molecule has 0 amide bonds. The molecule has 5 nitrogen and oxygen atoms in total. The van der Waals surface area contributed by atoms with E-state index >= 15 is 0 Å². The molecule has 0 bridgehead atoms. The van der Waals surface area contributed by atoms with Crippen LogP contribution in [0.1, 0.15) is 23.0 Å². The number of aryl methyl sites for hydroxylation is 2. The van der Waals surface area contributed by atoms with Crippen molar-refractivity contribution in [3.63, 3.8) is 0 Å². The number of nitrogens with zero attached hydrogens (tertiary/aromatic N) is 4. The van der Waals surface area contributed by atoms with E-state index in [1.807, 2.05) is 61.2 Å². The Bertz CT molecular complexity index is 1070. The molecule has 3 heterocycles. The van der Waals surface area contributed by atoms with Crippen molar-refractivity contribution in [3.8, 4) is 11.3 Å². The Morgan fingerprint density at radius 3 is 2.70 bits per heavy atom. The predicted molar refractivity (Wildman–Crippen MR) is 111 cm³/mol. The molecule has 1 aromatic carbocycles. The fourth-order valence-corrected chi connectivity index (χ4v) is 3.39.